The van der Waals surface area contributed by atoms with Crippen LogP contribution in [0.25, 0.3) is 0 Å². The Morgan fingerprint density at radius 3 is 2.55 bits per heavy atom. The minimum atomic E-state index is -0.111. The Hall–Kier alpha value is -0.890. The number of hydrogen-bond acceptors (Lipinski definition) is 2. The lowest BCUT2D eigenvalue weighted by Crippen LogP contribution is -2.50. The zero-order valence-electron chi connectivity index (χ0n) is 20.9. The van der Waals surface area contributed by atoms with Crippen LogP contribution in [0.15, 0.2) is 23.3 Å². The third kappa shape index (κ3) is 3.90. The summed E-state index contributed by atoms with van der Waals surface area (Å²) in [6.45, 7) is 13.6. The minimum Gasteiger partial charge on any atom is -0.393 e. The van der Waals surface area contributed by atoms with Gasteiger partial charge < -0.3 is 5.11 Å². The maximum atomic E-state index is 12.0. The lowest BCUT2D eigenvalue weighted by atomic mass is 9.47. The summed E-state index contributed by atoms with van der Waals surface area (Å²) in [6.07, 6.45) is 15.6. The summed E-state index contributed by atoms with van der Waals surface area (Å²) in [5.74, 6) is 4.49. The molecule has 3 fully saturated rings. The molecule has 0 unspecified atom stereocenters. The summed E-state index contributed by atoms with van der Waals surface area (Å²) in [6, 6.07) is 0. The van der Waals surface area contributed by atoms with Crippen molar-refractivity contribution in [2.75, 3.05) is 0 Å². The van der Waals surface area contributed by atoms with Crippen LogP contribution in [-0.4, -0.2) is 17.0 Å². The monoisotopic (exact) mass is 426 g/mol. The molecule has 2 nitrogen and oxygen atoms in total. The van der Waals surface area contributed by atoms with Crippen molar-refractivity contribution in [3.05, 3.63) is 23.3 Å². The fourth-order valence-corrected chi connectivity index (χ4v) is 8.88. The summed E-state index contributed by atoms with van der Waals surface area (Å²) in [7, 11) is 0. The molecule has 8 atom stereocenters. The van der Waals surface area contributed by atoms with Gasteiger partial charge in [-0.1, -0.05) is 52.3 Å². The van der Waals surface area contributed by atoms with Crippen LogP contribution < -0.4 is 0 Å². The molecular weight excluding hydrogens is 380 g/mol. The van der Waals surface area contributed by atoms with Crippen molar-refractivity contribution in [2.24, 2.45) is 46.3 Å². The summed E-state index contributed by atoms with van der Waals surface area (Å²) in [4.78, 5) is 12.0. The van der Waals surface area contributed by atoms with Crippen LogP contribution in [0.2, 0.25) is 0 Å². The average molecular weight is 427 g/mol. The molecule has 174 valence electrons. The van der Waals surface area contributed by atoms with E-state index in [0.29, 0.717) is 22.7 Å². The molecule has 0 amide bonds. The highest BCUT2D eigenvalue weighted by atomic mass is 16.3. The van der Waals surface area contributed by atoms with Gasteiger partial charge in [0.2, 0.25) is 0 Å². The van der Waals surface area contributed by atoms with Crippen molar-refractivity contribution in [2.45, 2.75) is 105 Å². The Kier molecular flexibility index (Phi) is 6.36. The third-order valence-corrected chi connectivity index (χ3v) is 10.6. The highest BCUT2D eigenvalue weighted by molar-refractivity contribution is 5.93. The van der Waals surface area contributed by atoms with Gasteiger partial charge in [0.1, 0.15) is 0 Å². The number of carbonyl (C=O) groups excluding carboxylic acids is 1. The number of aliphatic hydroxyl groups excluding tert-OH is 1. The Bertz CT molecular complexity index is 761. The Labute approximate surface area is 191 Å². The van der Waals surface area contributed by atoms with E-state index in [1.807, 2.05) is 0 Å². The third-order valence-electron chi connectivity index (χ3n) is 10.6. The number of aliphatic hydroxyl groups is 1. The Morgan fingerprint density at radius 2 is 1.87 bits per heavy atom. The van der Waals surface area contributed by atoms with Gasteiger partial charge >= 0.3 is 0 Å². The van der Waals surface area contributed by atoms with Crippen LogP contribution in [-0.2, 0) is 4.79 Å². The molecule has 0 radical (unpaired) electrons. The van der Waals surface area contributed by atoms with Gasteiger partial charge in [0.15, 0.2) is 5.78 Å². The molecule has 1 N–H and O–H groups in total. The number of ketones is 1. The van der Waals surface area contributed by atoms with Crippen LogP contribution in [0.3, 0.4) is 0 Å². The first-order chi connectivity index (χ1) is 14.6. The Balaban J connectivity index is 1.52. The summed E-state index contributed by atoms with van der Waals surface area (Å²) >= 11 is 0. The maximum Gasteiger partial charge on any atom is 0.155 e. The zero-order chi connectivity index (χ0) is 22.6. The van der Waals surface area contributed by atoms with Crippen molar-refractivity contribution in [3.63, 3.8) is 0 Å². The normalized spacial score (nSPS) is 43.7. The number of carbonyl (C=O) groups is 1. The SMILES string of the molecule is CC(=O)/C(=C\C[C@@H](C)[C@H]1CC[C@H]2[C@@H]3CC=C4C[C@@H](O)CC[C@]4(C)[C@H]3CC[C@]12C)C(C)C. The van der Waals surface area contributed by atoms with Crippen LogP contribution in [0.5, 0.6) is 0 Å². The molecule has 4 rings (SSSR count). The van der Waals surface area contributed by atoms with Crippen molar-refractivity contribution in [1.29, 1.82) is 0 Å². The van der Waals surface area contributed by atoms with E-state index < -0.39 is 0 Å². The number of rotatable bonds is 5. The van der Waals surface area contributed by atoms with Crippen molar-refractivity contribution >= 4 is 5.78 Å². The molecule has 0 bridgehead atoms. The summed E-state index contributed by atoms with van der Waals surface area (Å²) in [5, 5.41) is 10.2. The molecule has 3 saturated carbocycles. The van der Waals surface area contributed by atoms with Gasteiger partial charge in [0.25, 0.3) is 0 Å². The number of hydrogen-bond donors (Lipinski definition) is 1. The van der Waals surface area contributed by atoms with Crippen LogP contribution >= 0.6 is 0 Å². The van der Waals surface area contributed by atoms with Crippen molar-refractivity contribution in [3.8, 4) is 0 Å². The van der Waals surface area contributed by atoms with E-state index in [1.165, 1.54) is 38.5 Å². The minimum absolute atomic E-state index is 0.111. The molecule has 0 spiro atoms. The molecule has 0 saturated heterocycles. The lowest BCUT2D eigenvalue weighted by molar-refractivity contribution is -0.114. The molecule has 0 aliphatic heterocycles. The molecule has 31 heavy (non-hydrogen) atoms. The number of fused-ring (bicyclic) bond motifs is 5. The molecular formula is C29H46O2. The topological polar surface area (TPSA) is 37.3 Å². The van der Waals surface area contributed by atoms with Gasteiger partial charge in [0.05, 0.1) is 6.10 Å². The van der Waals surface area contributed by atoms with Crippen molar-refractivity contribution < 1.29 is 9.90 Å². The van der Waals surface area contributed by atoms with Crippen LogP contribution in [0, 0.1) is 46.3 Å². The fourth-order valence-electron chi connectivity index (χ4n) is 8.88. The van der Waals surface area contributed by atoms with Gasteiger partial charge in [-0.2, -0.15) is 0 Å². The number of Topliss-reactive ketones (excluding diaryl/α,β-unsaturated/α-hetero) is 1. The fraction of sp³-hybridized carbons (Fsp3) is 0.828. The van der Waals surface area contributed by atoms with Crippen LogP contribution in [0.1, 0.15) is 99.3 Å². The largest absolute Gasteiger partial charge is 0.393 e. The quantitative estimate of drug-likeness (QED) is 0.375. The van der Waals surface area contributed by atoms with Gasteiger partial charge in [-0.3, -0.25) is 4.79 Å². The first-order valence-electron chi connectivity index (χ1n) is 13.2. The molecule has 0 aromatic heterocycles. The Morgan fingerprint density at radius 1 is 1.13 bits per heavy atom. The first-order valence-corrected chi connectivity index (χ1v) is 13.2. The molecule has 4 aliphatic carbocycles. The molecule has 4 aliphatic rings. The van der Waals surface area contributed by atoms with E-state index >= 15 is 0 Å². The average Bonchev–Trinajstić information content (AvgIpc) is 3.05. The van der Waals surface area contributed by atoms with E-state index in [0.717, 1.165) is 48.5 Å². The van der Waals surface area contributed by atoms with Gasteiger partial charge in [-0.15, -0.1) is 0 Å². The number of allylic oxidation sites excluding steroid dienone is 3. The first kappa shape index (κ1) is 23.3. The summed E-state index contributed by atoms with van der Waals surface area (Å²) in [5.41, 5.74) is 3.39. The van der Waals surface area contributed by atoms with Gasteiger partial charge in [0, 0.05) is 0 Å². The lowest BCUT2D eigenvalue weighted by Gasteiger charge is -2.58. The second-order valence-corrected chi connectivity index (χ2v) is 12.5. The van der Waals surface area contributed by atoms with Crippen molar-refractivity contribution in [1.82, 2.24) is 0 Å². The predicted octanol–water partition coefficient (Wildman–Crippen LogP) is 7.12. The maximum absolute atomic E-state index is 12.0. The highest BCUT2D eigenvalue weighted by Crippen LogP contribution is 2.67. The molecule has 0 aromatic rings. The van der Waals surface area contributed by atoms with Gasteiger partial charge in [-0.05, 0) is 117 Å². The van der Waals surface area contributed by atoms with Gasteiger partial charge in [-0.25, -0.2) is 0 Å². The zero-order valence-corrected chi connectivity index (χ0v) is 20.9. The predicted molar refractivity (Wildman–Crippen MR) is 129 cm³/mol. The smallest absolute Gasteiger partial charge is 0.155 e. The van der Waals surface area contributed by atoms with Crippen LogP contribution in [0.4, 0.5) is 0 Å². The van der Waals surface area contributed by atoms with E-state index in [4.69, 9.17) is 0 Å². The highest BCUT2D eigenvalue weighted by Gasteiger charge is 2.59. The van der Waals surface area contributed by atoms with E-state index in [2.05, 4.69) is 46.8 Å². The van der Waals surface area contributed by atoms with E-state index in [-0.39, 0.29) is 11.9 Å². The van der Waals surface area contributed by atoms with E-state index in [9.17, 15) is 9.90 Å². The molecule has 0 aromatic carbocycles. The summed E-state index contributed by atoms with van der Waals surface area (Å²) < 4.78 is 0. The second-order valence-electron chi connectivity index (χ2n) is 12.5. The second kappa shape index (κ2) is 8.47. The molecule has 0 heterocycles. The standard InChI is InChI=1S/C29H46O2/c1-18(2)23(20(4)30)9-7-19(3)25-11-12-26-24-10-8-21-17-22(31)13-15-28(21,5)27(24)14-16-29(25,26)6/h8-9,18-19,22,24-27,31H,7,10-17H2,1-6H3/b23-9-/t19-,22+,24+,25-,26+,27+,28+,29-/m1/s1. The van der Waals surface area contributed by atoms with E-state index in [1.54, 1.807) is 12.5 Å². The molecule has 2 heteroatoms.